The second-order valence-electron chi connectivity index (χ2n) is 10.1. The number of carbonyl (C=O) groups is 2. The third-order valence-corrected chi connectivity index (χ3v) is 6.99. The van der Waals surface area contributed by atoms with Crippen LogP contribution in [0.3, 0.4) is 0 Å². The maximum Gasteiger partial charge on any atom is 0.261 e. The predicted molar refractivity (Wildman–Crippen MR) is 148 cm³/mol. The second-order valence-corrected chi connectivity index (χ2v) is 10.9. The summed E-state index contributed by atoms with van der Waals surface area (Å²) in [6.45, 7) is 9.93. The fraction of sp³-hybridized carbons (Fsp3) is 0.333. The SMILES string of the molecule is Cc1cc(OCC(=O)N(Cc2ccccc2)C(Cc2ccccc2)C(=O)NC(C)(C)C)cc(C)c1Br. The van der Waals surface area contributed by atoms with Gasteiger partial charge in [0.2, 0.25) is 5.91 Å². The summed E-state index contributed by atoms with van der Waals surface area (Å²) in [5.74, 6) is 0.188. The highest BCUT2D eigenvalue weighted by atomic mass is 79.9. The van der Waals surface area contributed by atoms with Gasteiger partial charge in [0.1, 0.15) is 11.8 Å². The summed E-state index contributed by atoms with van der Waals surface area (Å²) in [5.41, 5.74) is 3.56. The third kappa shape index (κ3) is 7.95. The molecule has 1 N–H and O–H groups in total. The number of nitrogens with zero attached hydrogens (tertiary/aromatic N) is 1. The highest BCUT2D eigenvalue weighted by Crippen LogP contribution is 2.26. The van der Waals surface area contributed by atoms with E-state index in [1.165, 1.54) is 0 Å². The van der Waals surface area contributed by atoms with Crippen molar-refractivity contribution in [3.8, 4) is 5.75 Å². The zero-order valence-corrected chi connectivity index (χ0v) is 23.3. The predicted octanol–water partition coefficient (Wildman–Crippen LogP) is 6.00. The Bertz CT molecular complexity index is 1150. The number of ether oxygens (including phenoxy) is 1. The van der Waals surface area contributed by atoms with E-state index in [9.17, 15) is 9.59 Å². The monoisotopic (exact) mass is 550 g/mol. The number of hydrogen-bond donors (Lipinski definition) is 1. The van der Waals surface area contributed by atoms with Gasteiger partial charge in [0.25, 0.3) is 5.91 Å². The highest BCUT2D eigenvalue weighted by Gasteiger charge is 2.32. The molecule has 0 aliphatic carbocycles. The average molecular weight is 552 g/mol. The van der Waals surface area contributed by atoms with Crippen LogP contribution < -0.4 is 10.1 Å². The number of aryl methyl sites for hydroxylation is 2. The first-order valence-electron chi connectivity index (χ1n) is 12.1. The number of benzene rings is 3. The van der Waals surface area contributed by atoms with Gasteiger partial charge in [-0.3, -0.25) is 9.59 Å². The van der Waals surface area contributed by atoms with Crippen LogP contribution in [-0.4, -0.2) is 34.9 Å². The summed E-state index contributed by atoms with van der Waals surface area (Å²) < 4.78 is 6.96. The topological polar surface area (TPSA) is 58.6 Å². The van der Waals surface area contributed by atoms with Crippen LogP contribution in [0.25, 0.3) is 0 Å². The molecule has 0 aliphatic heterocycles. The van der Waals surface area contributed by atoms with Gasteiger partial charge in [-0.05, 0) is 69.0 Å². The van der Waals surface area contributed by atoms with Gasteiger partial charge in [0.15, 0.2) is 6.61 Å². The first-order chi connectivity index (χ1) is 17.0. The van der Waals surface area contributed by atoms with Crippen molar-refractivity contribution < 1.29 is 14.3 Å². The van der Waals surface area contributed by atoms with Crippen LogP contribution in [-0.2, 0) is 22.6 Å². The van der Waals surface area contributed by atoms with Crippen molar-refractivity contribution in [3.63, 3.8) is 0 Å². The summed E-state index contributed by atoms with van der Waals surface area (Å²) in [4.78, 5) is 28.9. The fourth-order valence-electron chi connectivity index (χ4n) is 4.00. The molecule has 0 bridgehead atoms. The summed E-state index contributed by atoms with van der Waals surface area (Å²) in [6.07, 6.45) is 0.401. The van der Waals surface area contributed by atoms with E-state index in [4.69, 9.17) is 4.74 Å². The summed E-state index contributed by atoms with van der Waals surface area (Å²) in [7, 11) is 0. The van der Waals surface area contributed by atoms with Crippen LogP contribution in [0.15, 0.2) is 77.3 Å². The Labute approximate surface area is 223 Å². The first kappa shape index (κ1) is 27.5. The van der Waals surface area contributed by atoms with E-state index in [-0.39, 0.29) is 18.4 Å². The van der Waals surface area contributed by atoms with Crippen LogP contribution in [0.2, 0.25) is 0 Å². The Morgan fingerprint density at radius 1 is 0.917 bits per heavy atom. The van der Waals surface area contributed by atoms with Crippen molar-refractivity contribution in [2.75, 3.05) is 6.61 Å². The van der Waals surface area contributed by atoms with Gasteiger partial charge in [-0.2, -0.15) is 0 Å². The molecule has 0 aromatic heterocycles. The Morgan fingerprint density at radius 2 is 1.44 bits per heavy atom. The van der Waals surface area contributed by atoms with Crippen molar-refractivity contribution in [1.82, 2.24) is 10.2 Å². The Balaban J connectivity index is 1.92. The minimum Gasteiger partial charge on any atom is -0.484 e. The molecule has 1 unspecified atom stereocenters. The summed E-state index contributed by atoms with van der Waals surface area (Å²) in [6, 6.07) is 22.6. The Morgan fingerprint density at radius 3 is 1.97 bits per heavy atom. The van der Waals surface area contributed by atoms with Gasteiger partial charge in [0.05, 0.1) is 0 Å². The molecule has 0 heterocycles. The van der Waals surface area contributed by atoms with Crippen LogP contribution in [0.5, 0.6) is 5.75 Å². The van der Waals surface area contributed by atoms with Crippen molar-refractivity contribution in [1.29, 1.82) is 0 Å². The lowest BCUT2D eigenvalue weighted by molar-refractivity contribution is -0.143. The number of amides is 2. The molecule has 3 rings (SSSR count). The minimum atomic E-state index is -0.698. The smallest absolute Gasteiger partial charge is 0.261 e. The highest BCUT2D eigenvalue weighted by molar-refractivity contribution is 9.10. The first-order valence-corrected chi connectivity index (χ1v) is 12.9. The van der Waals surface area contributed by atoms with E-state index >= 15 is 0 Å². The molecule has 36 heavy (non-hydrogen) atoms. The molecule has 0 saturated heterocycles. The van der Waals surface area contributed by atoms with Crippen LogP contribution in [0.4, 0.5) is 0 Å². The lowest BCUT2D eigenvalue weighted by atomic mass is 10.0. The van der Waals surface area contributed by atoms with E-state index in [1.807, 2.05) is 107 Å². The zero-order valence-electron chi connectivity index (χ0n) is 21.7. The lowest BCUT2D eigenvalue weighted by Crippen LogP contribution is -2.55. The largest absolute Gasteiger partial charge is 0.484 e. The molecule has 0 saturated carbocycles. The molecule has 6 heteroatoms. The van der Waals surface area contributed by atoms with E-state index in [0.29, 0.717) is 18.7 Å². The van der Waals surface area contributed by atoms with Gasteiger partial charge in [-0.1, -0.05) is 76.6 Å². The molecule has 1 atom stereocenters. The fourth-order valence-corrected chi connectivity index (χ4v) is 4.23. The van der Waals surface area contributed by atoms with E-state index in [1.54, 1.807) is 4.90 Å². The Hall–Kier alpha value is -3.12. The molecule has 0 radical (unpaired) electrons. The second kappa shape index (κ2) is 12.2. The van der Waals surface area contributed by atoms with Gasteiger partial charge in [-0.15, -0.1) is 0 Å². The number of carbonyl (C=O) groups excluding carboxylic acids is 2. The molecular formula is C30H35BrN2O3. The van der Waals surface area contributed by atoms with Gasteiger partial charge in [-0.25, -0.2) is 0 Å². The maximum atomic E-state index is 13.7. The standard InChI is InChI=1S/C30H35BrN2O3/c1-21-16-25(17-22(2)28(21)31)36-20-27(34)33(19-24-14-10-7-11-15-24)26(29(35)32-30(3,4)5)18-23-12-8-6-9-13-23/h6-17,26H,18-20H2,1-5H3,(H,32,35). The number of rotatable bonds is 9. The van der Waals surface area contributed by atoms with E-state index in [0.717, 1.165) is 26.7 Å². The molecular weight excluding hydrogens is 516 g/mol. The van der Waals surface area contributed by atoms with Crippen molar-refractivity contribution in [3.05, 3.63) is 99.5 Å². The van der Waals surface area contributed by atoms with Crippen LogP contribution in [0.1, 0.15) is 43.0 Å². The third-order valence-electron chi connectivity index (χ3n) is 5.74. The maximum absolute atomic E-state index is 13.7. The summed E-state index contributed by atoms with van der Waals surface area (Å²) >= 11 is 3.57. The molecule has 5 nitrogen and oxygen atoms in total. The van der Waals surface area contributed by atoms with Gasteiger partial charge < -0.3 is 15.0 Å². The minimum absolute atomic E-state index is 0.165. The van der Waals surface area contributed by atoms with E-state index < -0.39 is 11.6 Å². The molecule has 0 fully saturated rings. The quantitative estimate of drug-likeness (QED) is 0.355. The molecule has 0 spiro atoms. The van der Waals surface area contributed by atoms with Gasteiger partial charge in [0, 0.05) is 23.0 Å². The van der Waals surface area contributed by atoms with Crippen molar-refractivity contribution in [2.45, 2.75) is 59.2 Å². The lowest BCUT2D eigenvalue weighted by Gasteiger charge is -2.33. The molecule has 3 aromatic carbocycles. The van der Waals surface area contributed by atoms with Crippen LogP contribution >= 0.6 is 15.9 Å². The molecule has 3 aromatic rings. The van der Waals surface area contributed by atoms with Gasteiger partial charge >= 0.3 is 0 Å². The molecule has 2 amide bonds. The zero-order chi connectivity index (χ0) is 26.3. The average Bonchev–Trinajstić information content (AvgIpc) is 2.83. The summed E-state index contributed by atoms with van der Waals surface area (Å²) in [5, 5.41) is 3.08. The Kier molecular flexibility index (Phi) is 9.32. The molecule has 190 valence electrons. The number of halogens is 1. The number of nitrogens with one attached hydrogen (secondary N) is 1. The number of hydrogen-bond acceptors (Lipinski definition) is 3. The normalized spacial score (nSPS) is 12.1. The van der Waals surface area contributed by atoms with E-state index in [2.05, 4.69) is 21.2 Å². The van der Waals surface area contributed by atoms with Crippen molar-refractivity contribution >= 4 is 27.7 Å². The van der Waals surface area contributed by atoms with Crippen molar-refractivity contribution in [2.24, 2.45) is 0 Å². The molecule has 0 aliphatic rings. The van der Waals surface area contributed by atoms with Crippen LogP contribution in [0, 0.1) is 13.8 Å².